The minimum absolute atomic E-state index is 0.409. The zero-order valence-electron chi connectivity index (χ0n) is 10.7. The van der Waals surface area contributed by atoms with E-state index < -0.39 is 0 Å². The number of hydrogen-bond acceptors (Lipinski definition) is 6. The summed E-state index contributed by atoms with van der Waals surface area (Å²) >= 11 is 0. The van der Waals surface area contributed by atoms with Crippen LogP contribution in [0.15, 0.2) is 16.5 Å². The molecule has 2 aromatic rings. The number of aryl methyl sites for hydroxylation is 1. The average molecular weight is 250 g/mol. The van der Waals surface area contributed by atoms with Gasteiger partial charge < -0.3 is 18.6 Å². The van der Waals surface area contributed by atoms with E-state index in [9.17, 15) is 0 Å². The number of benzene rings is 1. The van der Waals surface area contributed by atoms with Gasteiger partial charge in [-0.25, -0.2) is 0 Å². The summed E-state index contributed by atoms with van der Waals surface area (Å²) in [6.45, 7) is 1.73. The van der Waals surface area contributed by atoms with Gasteiger partial charge in [0.2, 0.25) is 17.5 Å². The van der Waals surface area contributed by atoms with Crippen LogP contribution in [0.25, 0.3) is 11.5 Å². The zero-order valence-corrected chi connectivity index (χ0v) is 10.7. The lowest BCUT2D eigenvalue weighted by atomic mass is 10.2. The lowest BCUT2D eigenvalue weighted by Gasteiger charge is -2.12. The monoisotopic (exact) mass is 250 g/mol. The average Bonchev–Trinajstić information content (AvgIpc) is 2.83. The topological polar surface area (TPSA) is 66.6 Å². The number of methoxy groups -OCH3 is 3. The first kappa shape index (κ1) is 12.2. The van der Waals surface area contributed by atoms with E-state index in [0.29, 0.717) is 34.6 Å². The minimum Gasteiger partial charge on any atom is -0.493 e. The Morgan fingerprint density at radius 1 is 0.944 bits per heavy atom. The van der Waals surface area contributed by atoms with Gasteiger partial charge in [-0.2, -0.15) is 0 Å². The van der Waals surface area contributed by atoms with Crippen LogP contribution in [0.3, 0.4) is 0 Å². The van der Waals surface area contributed by atoms with Gasteiger partial charge in [-0.15, -0.1) is 10.2 Å². The van der Waals surface area contributed by atoms with Crippen molar-refractivity contribution in [2.24, 2.45) is 0 Å². The van der Waals surface area contributed by atoms with Crippen LogP contribution in [0.5, 0.6) is 17.2 Å². The molecule has 1 heterocycles. The van der Waals surface area contributed by atoms with Crippen molar-refractivity contribution in [3.05, 3.63) is 18.0 Å². The Morgan fingerprint density at radius 2 is 1.56 bits per heavy atom. The smallest absolute Gasteiger partial charge is 0.247 e. The molecular weight excluding hydrogens is 236 g/mol. The molecule has 96 valence electrons. The lowest BCUT2D eigenvalue weighted by molar-refractivity contribution is 0.324. The summed E-state index contributed by atoms with van der Waals surface area (Å²) in [4.78, 5) is 0. The van der Waals surface area contributed by atoms with Crippen molar-refractivity contribution in [3.63, 3.8) is 0 Å². The van der Waals surface area contributed by atoms with Crippen LogP contribution in [0.2, 0.25) is 0 Å². The first-order valence-corrected chi connectivity index (χ1v) is 5.30. The number of hydrogen-bond donors (Lipinski definition) is 0. The molecule has 1 aromatic heterocycles. The van der Waals surface area contributed by atoms with Crippen LogP contribution in [-0.4, -0.2) is 31.5 Å². The van der Waals surface area contributed by atoms with E-state index in [0.717, 1.165) is 0 Å². The highest BCUT2D eigenvalue weighted by molar-refractivity contribution is 5.65. The maximum absolute atomic E-state index is 5.37. The third-order valence-corrected chi connectivity index (χ3v) is 2.44. The van der Waals surface area contributed by atoms with Gasteiger partial charge >= 0.3 is 0 Å². The van der Waals surface area contributed by atoms with Gasteiger partial charge in [0.1, 0.15) is 0 Å². The number of ether oxygens (including phenoxy) is 3. The molecule has 0 radical (unpaired) electrons. The fraction of sp³-hybridized carbons (Fsp3) is 0.333. The van der Waals surface area contributed by atoms with E-state index in [-0.39, 0.29) is 0 Å². The molecule has 0 aliphatic rings. The summed E-state index contributed by atoms with van der Waals surface area (Å²) in [5, 5.41) is 7.74. The van der Waals surface area contributed by atoms with Crippen LogP contribution >= 0.6 is 0 Å². The van der Waals surface area contributed by atoms with Gasteiger partial charge in [-0.3, -0.25) is 0 Å². The molecule has 2 rings (SSSR count). The molecular formula is C12H14N2O4. The highest BCUT2D eigenvalue weighted by Gasteiger charge is 2.16. The minimum atomic E-state index is 0.409. The molecule has 0 N–H and O–H groups in total. The third kappa shape index (κ3) is 2.09. The fourth-order valence-corrected chi connectivity index (χ4v) is 1.62. The van der Waals surface area contributed by atoms with Crippen molar-refractivity contribution < 1.29 is 18.6 Å². The van der Waals surface area contributed by atoms with Gasteiger partial charge in [-0.05, 0) is 12.1 Å². The highest BCUT2D eigenvalue weighted by Crippen LogP contribution is 2.40. The van der Waals surface area contributed by atoms with Crippen molar-refractivity contribution in [1.29, 1.82) is 0 Å². The maximum atomic E-state index is 5.37. The molecule has 0 unspecified atom stereocenters. The molecule has 18 heavy (non-hydrogen) atoms. The Morgan fingerprint density at radius 3 is 1.94 bits per heavy atom. The van der Waals surface area contributed by atoms with Gasteiger partial charge in [0.05, 0.1) is 21.3 Å². The quantitative estimate of drug-likeness (QED) is 0.827. The second-order valence-corrected chi connectivity index (χ2v) is 3.54. The molecule has 0 aliphatic heterocycles. The lowest BCUT2D eigenvalue weighted by Crippen LogP contribution is -1.95. The first-order valence-electron chi connectivity index (χ1n) is 5.30. The zero-order chi connectivity index (χ0) is 13.1. The fourth-order valence-electron chi connectivity index (χ4n) is 1.62. The van der Waals surface area contributed by atoms with Gasteiger partial charge in [-0.1, -0.05) is 0 Å². The van der Waals surface area contributed by atoms with Crippen molar-refractivity contribution in [2.45, 2.75) is 6.92 Å². The summed E-state index contributed by atoms with van der Waals surface area (Å²) in [6.07, 6.45) is 0. The molecule has 0 amide bonds. The van der Waals surface area contributed by atoms with E-state index in [1.54, 1.807) is 40.4 Å². The van der Waals surface area contributed by atoms with Crippen LogP contribution in [0.1, 0.15) is 5.89 Å². The third-order valence-electron chi connectivity index (χ3n) is 2.44. The predicted octanol–water partition coefficient (Wildman–Crippen LogP) is 2.07. The Kier molecular flexibility index (Phi) is 3.36. The molecule has 0 bridgehead atoms. The van der Waals surface area contributed by atoms with Crippen LogP contribution in [0, 0.1) is 6.92 Å². The molecule has 6 heteroatoms. The molecule has 1 aromatic carbocycles. The second-order valence-electron chi connectivity index (χ2n) is 3.54. The number of rotatable bonds is 4. The predicted molar refractivity (Wildman–Crippen MR) is 64.1 cm³/mol. The standard InChI is InChI=1S/C12H14N2O4/c1-7-13-14-12(18-7)8-5-9(15-2)11(17-4)10(6-8)16-3/h5-6H,1-4H3. The molecule has 6 nitrogen and oxygen atoms in total. The molecule has 0 spiro atoms. The van der Waals surface area contributed by atoms with E-state index in [1.165, 1.54) is 0 Å². The molecule has 0 fully saturated rings. The van der Waals surface area contributed by atoms with Crippen molar-refractivity contribution in [1.82, 2.24) is 10.2 Å². The molecule has 0 saturated heterocycles. The van der Waals surface area contributed by atoms with Crippen molar-refractivity contribution in [2.75, 3.05) is 21.3 Å². The number of nitrogens with zero attached hydrogens (tertiary/aromatic N) is 2. The molecule has 0 atom stereocenters. The van der Waals surface area contributed by atoms with Crippen LogP contribution in [0.4, 0.5) is 0 Å². The van der Waals surface area contributed by atoms with E-state index in [1.807, 2.05) is 0 Å². The maximum Gasteiger partial charge on any atom is 0.247 e. The van der Waals surface area contributed by atoms with Crippen molar-refractivity contribution in [3.8, 4) is 28.7 Å². The van der Waals surface area contributed by atoms with Gasteiger partial charge in [0.15, 0.2) is 11.5 Å². The summed E-state index contributed by atoms with van der Waals surface area (Å²) in [5.41, 5.74) is 0.713. The first-order chi connectivity index (χ1) is 8.69. The van der Waals surface area contributed by atoms with E-state index >= 15 is 0 Å². The second kappa shape index (κ2) is 4.95. The SMILES string of the molecule is COc1cc(-c2nnc(C)o2)cc(OC)c1OC. The van der Waals surface area contributed by atoms with Crippen LogP contribution < -0.4 is 14.2 Å². The van der Waals surface area contributed by atoms with Crippen LogP contribution in [-0.2, 0) is 0 Å². The number of aromatic nitrogens is 2. The summed E-state index contributed by atoms with van der Waals surface area (Å²) < 4.78 is 21.1. The molecule has 0 saturated carbocycles. The van der Waals surface area contributed by atoms with Gasteiger partial charge in [0.25, 0.3) is 0 Å². The Labute approximate surface area is 104 Å². The Balaban J connectivity index is 2.56. The van der Waals surface area contributed by atoms with Gasteiger partial charge in [0, 0.05) is 12.5 Å². The van der Waals surface area contributed by atoms with Crippen molar-refractivity contribution >= 4 is 0 Å². The Bertz CT molecular complexity index is 526. The molecule has 0 aliphatic carbocycles. The largest absolute Gasteiger partial charge is 0.493 e. The summed E-state index contributed by atoms with van der Waals surface area (Å²) in [6, 6.07) is 3.52. The summed E-state index contributed by atoms with van der Waals surface area (Å²) in [5.74, 6) is 2.52. The normalized spacial score (nSPS) is 10.2. The summed E-state index contributed by atoms with van der Waals surface area (Å²) in [7, 11) is 4.66. The highest BCUT2D eigenvalue weighted by atomic mass is 16.5. The van der Waals surface area contributed by atoms with E-state index in [2.05, 4.69) is 10.2 Å². The Hall–Kier alpha value is -2.24. The van der Waals surface area contributed by atoms with E-state index in [4.69, 9.17) is 18.6 Å².